The summed E-state index contributed by atoms with van der Waals surface area (Å²) in [5.74, 6) is 2.62. The molecule has 1 fully saturated rings. The molecule has 0 heteroatoms. The standard InChI is InChI=1S/C11H13/c1-9-7-11(9)8-10-5-3-2-4-6-10/h2-6,9H,7-8H2,1H3. The number of rotatable bonds is 2. The van der Waals surface area contributed by atoms with Crippen molar-refractivity contribution in [3.63, 3.8) is 0 Å². The maximum Gasteiger partial charge on any atom is -0.0166 e. The molecular formula is C11H13. The number of benzene rings is 1. The molecule has 1 atom stereocenters. The van der Waals surface area contributed by atoms with Crippen molar-refractivity contribution >= 4 is 0 Å². The molecule has 0 aromatic heterocycles. The lowest BCUT2D eigenvalue weighted by molar-refractivity contribution is 0.952. The topological polar surface area (TPSA) is 0 Å². The van der Waals surface area contributed by atoms with Crippen molar-refractivity contribution in [3.8, 4) is 0 Å². The molecule has 1 aliphatic carbocycles. The highest BCUT2D eigenvalue weighted by atomic mass is 14.4. The maximum atomic E-state index is 2.30. The first-order valence-electron chi connectivity index (χ1n) is 4.25. The first-order chi connectivity index (χ1) is 5.36. The molecule has 1 aromatic carbocycles. The van der Waals surface area contributed by atoms with Crippen molar-refractivity contribution in [2.75, 3.05) is 0 Å². The Bertz CT molecular complexity index is 225. The van der Waals surface area contributed by atoms with Crippen LogP contribution in [0.1, 0.15) is 18.9 Å². The Morgan fingerprint density at radius 2 is 1.91 bits per heavy atom. The Labute approximate surface area is 68.3 Å². The minimum absolute atomic E-state index is 0.898. The lowest BCUT2D eigenvalue weighted by atomic mass is 10.1. The SMILES string of the molecule is CC1C[C]1Cc1ccccc1. The van der Waals surface area contributed by atoms with Gasteiger partial charge in [0.05, 0.1) is 0 Å². The molecule has 1 radical (unpaired) electrons. The van der Waals surface area contributed by atoms with Crippen LogP contribution >= 0.6 is 0 Å². The zero-order chi connectivity index (χ0) is 7.68. The molecule has 2 rings (SSSR count). The third-order valence-electron chi connectivity index (χ3n) is 2.38. The van der Waals surface area contributed by atoms with Gasteiger partial charge in [0.2, 0.25) is 0 Å². The summed E-state index contributed by atoms with van der Waals surface area (Å²) in [6, 6.07) is 10.7. The summed E-state index contributed by atoms with van der Waals surface area (Å²) >= 11 is 0. The van der Waals surface area contributed by atoms with Crippen molar-refractivity contribution in [2.45, 2.75) is 19.8 Å². The Kier molecular flexibility index (Phi) is 1.69. The second-order valence-corrected chi connectivity index (χ2v) is 3.43. The molecule has 0 bridgehead atoms. The summed E-state index contributed by atoms with van der Waals surface area (Å²) < 4.78 is 0. The van der Waals surface area contributed by atoms with Crippen LogP contribution in [-0.2, 0) is 6.42 Å². The van der Waals surface area contributed by atoms with Crippen LogP contribution in [0.2, 0.25) is 0 Å². The first-order valence-corrected chi connectivity index (χ1v) is 4.25. The van der Waals surface area contributed by atoms with Crippen molar-refractivity contribution in [1.29, 1.82) is 0 Å². The van der Waals surface area contributed by atoms with Crippen molar-refractivity contribution < 1.29 is 0 Å². The molecule has 11 heavy (non-hydrogen) atoms. The predicted molar refractivity (Wildman–Crippen MR) is 47.2 cm³/mol. The Balaban J connectivity index is 1.97. The molecule has 1 aliphatic rings. The molecule has 0 heterocycles. The summed E-state index contributed by atoms with van der Waals surface area (Å²) in [6.45, 7) is 2.30. The molecule has 0 spiro atoms. The quantitative estimate of drug-likeness (QED) is 0.600. The molecule has 57 valence electrons. The van der Waals surface area contributed by atoms with E-state index in [9.17, 15) is 0 Å². The highest BCUT2D eigenvalue weighted by molar-refractivity contribution is 5.24. The zero-order valence-electron chi connectivity index (χ0n) is 6.88. The van der Waals surface area contributed by atoms with Crippen LogP contribution in [0.25, 0.3) is 0 Å². The minimum atomic E-state index is 0.898. The van der Waals surface area contributed by atoms with Crippen LogP contribution in [0.3, 0.4) is 0 Å². The zero-order valence-corrected chi connectivity index (χ0v) is 6.88. The number of hydrogen-bond donors (Lipinski definition) is 0. The van der Waals surface area contributed by atoms with Crippen LogP contribution < -0.4 is 0 Å². The van der Waals surface area contributed by atoms with E-state index in [1.54, 1.807) is 5.92 Å². The Morgan fingerprint density at radius 3 is 2.45 bits per heavy atom. The van der Waals surface area contributed by atoms with Crippen LogP contribution in [0.4, 0.5) is 0 Å². The van der Waals surface area contributed by atoms with Gasteiger partial charge < -0.3 is 0 Å². The van der Waals surface area contributed by atoms with Gasteiger partial charge >= 0.3 is 0 Å². The van der Waals surface area contributed by atoms with Gasteiger partial charge in [-0.05, 0) is 30.2 Å². The third kappa shape index (κ3) is 1.62. The van der Waals surface area contributed by atoms with Gasteiger partial charge in [-0.3, -0.25) is 0 Å². The summed E-state index contributed by atoms with van der Waals surface area (Å²) in [6.07, 6.45) is 2.57. The van der Waals surface area contributed by atoms with Gasteiger partial charge in [-0.15, -0.1) is 0 Å². The van der Waals surface area contributed by atoms with Crippen LogP contribution in [0.5, 0.6) is 0 Å². The van der Waals surface area contributed by atoms with Crippen LogP contribution in [0.15, 0.2) is 30.3 Å². The van der Waals surface area contributed by atoms with Crippen LogP contribution in [0, 0.1) is 11.8 Å². The van der Waals surface area contributed by atoms with E-state index in [0.29, 0.717) is 0 Å². The van der Waals surface area contributed by atoms with E-state index in [4.69, 9.17) is 0 Å². The summed E-state index contributed by atoms with van der Waals surface area (Å²) in [5.41, 5.74) is 1.46. The second kappa shape index (κ2) is 2.69. The van der Waals surface area contributed by atoms with Crippen molar-refractivity contribution in [1.82, 2.24) is 0 Å². The van der Waals surface area contributed by atoms with Crippen LogP contribution in [-0.4, -0.2) is 0 Å². The van der Waals surface area contributed by atoms with Gasteiger partial charge in [0.1, 0.15) is 0 Å². The lowest BCUT2D eigenvalue weighted by Crippen LogP contribution is -1.85. The molecule has 0 aliphatic heterocycles. The fraction of sp³-hybridized carbons (Fsp3) is 0.364. The smallest absolute Gasteiger partial charge is 0.0166 e. The largest absolute Gasteiger partial charge is 0.0622 e. The summed E-state index contributed by atoms with van der Waals surface area (Å²) in [4.78, 5) is 0. The first kappa shape index (κ1) is 6.90. The Morgan fingerprint density at radius 1 is 1.27 bits per heavy atom. The van der Waals surface area contributed by atoms with Gasteiger partial charge in [-0.1, -0.05) is 37.3 Å². The van der Waals surface area contributed by atoms with Crippen molar-refractivity contribution in [3.05, 3.63) is 41.8 Å². The predicted octanol–water partition coefficient (Wildman–Crippen LogP) is 2.84. The summed E-state index contributed by atoms with van der Waals surface area (Å²) in [5, 5.41) is 0. The highest BCUT2D eigenvalue weighted by Crippen LogP contribution is 2.42. The van der Waals surface area contributed by atoms with E-state index in [2.05, 4.69) is 37.3 Å². The highest BCUT2D eigenvalue weighted by Gasteiger charge is 2.32. The molecule has 0 saturated heterocycles. The van der Waals surface area contributed by atoms with Crippen molar-refractivity contribution in [2.24, 2.45) is 5.92 Å². The minimum Gasteiger partial charge on any atom is -0.0622 e. The fourth-order valence-corrected chi connectivity index (χ4v) is 1.44. The molecule has 1 saturated carbocycles. The average Bonchev–Trinajstić information content (AvgIpc) is 2.69. The van der Waals surface area contributed by atoms with Gasteiger partial charge in [-0.2, -0.15) is 0 Å². The third-order valence-corrected chi connectivity index (χ3v) is 2.38. The van der Waals surface area contributed by atoms with E-state index in [0.717, 1.165) is 5.92 Å². The molecular weight excluding hydrogens is 132 g/mol. The fourth-order valence-electron chi connectivity index (χ4n) is 1.44. The second-order valence-electron chi connectivity index (χ2n) is 3.43. The molecule has 0 amide bonds. The lowest BCUT2D eigenvalue weighted by Gasteiger charge is -1.96. The molecule has 1 unspecified atom stereocenters. The van der Waals surface area contributed by atoms with E-state index >= 15 is 0 Å². The van der Waals surface area contributed by atoms with Gasteiger partial charge in [0, 0.05) is 0 Å². The van der Waals surface area contributed by atoms with E-state index in [-0.39, 0.29) is 0 Å². The summed E-state index contributed by atoms with van der Waals surface area (Å²) in [7, 11) is 0. The maximum absolute atomic E-state index is 2.30. The van der Waals surface area contributed by atoms with Gasteiger partial charge in [0.25, 0.3) is 0 Å². The molecule has 1 aromatic rings. The van der Waals surface area contributed by atoms with E-state index in [1.165, 1.54) is 18.4 Å². The monoisotopic (exact) mass is 145 g/mol. The molecule has 0 nitrogen and oxygen atoms in total. The Hall–Kier alpha value is -0.780. The van der Waals surface area contributed by atoms with E-state index in [1.807, 2.05) is 0 Å². The number of hydrogen-bond acceptors (Lipinski definition) is 0. The van der Waals surface area contributed by atoms with E-state index < -0.39 is 0 Å². The van der Waals surface area contributed by atoms with Gasteiger partial charge in [0.15, 0.2) is 0 Å². The molecule has 0 N–H and O–H groups in total. The average molecular weight is 145 g/mol. The normalized spacial score (nSPS) is 23.5. The van der Waals surface area contributed by atoms with Gasteiger partial charge in [-0.25, -0.2) is 0 Å².